The molecule has 0 spiro atoms. The molecule has 1 rings (SSSR count). The summed E-state index contributed by atoms with van der Waals surface area (Å²) in [7, 11) is 0. The van der Waals surface area contributed by atoms with Crippen LogP contribution in [0.3, 0.4) is 0 Å². The standard InChI is InChI=1S/C8H7ClF2/c9-7-3-1-6(2-4-7)5-8(10)11/h1-4,8H,5H2. The minimum atomic E-state index is -2.28. The number of halogens is 3. The number of alkyl halides is 2. The Labute approximate surface area is 68.8 Å². The van der Waals surface area contributed by atoms with Crippen molar-refractivity contribution >= 4 is 11.6 Å². The van der Waals surface area contributed by atoms with Gasteiger partial charge in [0.25, 0.3) is 0 Å². The Kier molecular flexibility index (Phi) is 2.83. The molecule has 3 heteroatoms. The average molecular weight is 177 g/mol. The maximum Gasteiger partial charge on any atom is 0.242 e. The van der Waals surface area contributed by atoms with E-state index in [2.05, 4.69) is 0 Å². The van der Waals surface area contributed by atoms with Gasteiger partial charge in [-0.15, -0.1) is 0 Å². The summed E-state index contributed by atoms with van der Waals surface area (Å²) >= 11 is 5.56. The molecule has 0 aliphatic rings. The number of hydrogen-bond donors (Lipinski definition) is 0. The van der Waals surface area contributed by atoms with E-state index in [4.69, 9.17) is 11.6 Å². The first-order valence-corrected chi connectivity index (χ1v) is 3.59. The zero-order chi connectivity index (χ0) is 8.27. The second-order valence-electron chi connectivity index (χ2n) is 2.22. The van der Waals surface area contributed by atoms with E-state index in [9.17, 15) is 8.78 Å². The molecule has 1 aromatic carbocycles. The lowest BCUT2D eigenvalue weighted by atomic mass is 10.2. The summed E-state index contributed by atoms with van der Waals surface area (Å²) in [5.74, 6) is 0. The third-order valence-corrected chi connectivity index (χ3v) is 1.56. The molecule has 11 heavy (non-hydrogen) atoms. The van der Waals surface area contributed by atoms with Gasteiger partial charge in [-0.3, -0.25) is 0 Å². The van der Waals surface area contributed by atoms with Crippen LogP contribution in [0.1, 0.15) is 5.56 Å². The van der Waals surface area contributed by atoms with E-state index in [1.54, 1.807) is 24.3 Å². The Morgan fingerprint density at radius 3 is 2.18 bits per heavy atom. The van der Waals surface area contributed by atoms with Crippen molar-refractivity contribution in [3.05, 3.63) is 34.9 Å². The molecular formula is C8H7ClF2. The van der Waals surface area contributed by atoms with E-state index in [0.29, 0.717) is 10.6 Å². The molecule has 0 heterocycles. The maximum atomic E-state index is 11.8. The molecule has 0 aliphatic carbocycles. The Bertz CT molecular complexity index is 218. The van der Waals surface area contributed by atoms with E-state index < -0.39 is 6.43 Å². The highest BCUT2D eigenvalue weighted by molar-refractivity contribution is 6.30. The molecule has 0 amide bonds. The predicted octanol–water partition coefficient (Wildman–Crippen LogP) is 3.15. The zero-order valence-electron chi connectivity index (χ0n) is 5.73. The molecule has 0 nitrogen and oxygen atoms in total. The highest BCUT2D eigenvalue weighted by atomic mass is 35.5. The molecule has 0 radical (unpaired) electrons. The van der Waals surface area contributed by atoms with Gasteiger partial charge in [0, 0.05) is 11.4 Å². The van der Waals surface area contributed by atoms with Crippen molar-refractivity contribution in [2.24, 2.45) is 0 Å². The van der Waals surface area contributed by atoms with Crippen molar-refractivity contribution in [3.8, 4) is 0 Å². The van der Waals surface area contributed by atoms with Gasteiger partial charge in [-0.2, -0.15) is 0 Å². The highest BCUT2D eigenvalue weighted by Gasteiger charge is 2.02. The number of rotatable bonds is 2. The van der Waals surface area contributed by atoms with Crippen LogP contribution in [-0.2, 0) is 6.42 Å². The van der Waals surface area contributed by atoms with E-state index in [0.717, 1.165) is 0 Å². The normalized spacial score (nSPS) is 10.5. The summed E-state index contributed by atoms with van der Waals surface area (Å²) in [5, 5.41) is 0.572. The van der Waals surface area contributed by atoms with E-state index in [1.165, 1.54) is 0 Å². The van der Waals surface area contributed by atoms with Crippen LogP contribution in [0.4, 0.5) is 8.78 Å². The van der Waals surface area contributed by atoms with Crippen LogP contribution in [-0.4, -0.2) is 6.43 Å². The molecule has 0 atom stereocenters. The van der Waals surface area contributed by atoms with E-state index in [1.807, 2.05) is 0 Å². The molecule has 0 N–H and O–H groups in total. The van der Waals surface area contributed by atoms with Gasteiger partial charge in [-0.25, -0.2) is 8.78 Å². The van der Waals surface area contributed by atoms with Gasteiger partial charge in [0.05, 0.1) is 0 Å². The van der Waals surface area contributed by atoms with E-state index in [-0.39, 0.29) is 6.42 Å². The minimum Gasteiger partial charge on any atom is -0.210 e. The zero-order valence-corrected chi connectivity index (χ0v) is 6.48. The molecule has 0 fully saturated rings. The lowest BCUT2D eigenvalue weighted by molar-refractivity contribution is 0.149. The molecule has 0 unspecified atom stereocenters. The van der Waals surface area contributed by atoms with Gasteiger partial charge in [0.2, 0.25) is 6.43 Å². The summed E-state index contributed by atoms with van der Waals surface area (Å²) in [6.45, 7) is 0. The van der Waals surface area contributed by atoms with Crippen molar-refractivity contribution < 1.29 is 8.78 Å². The molecule has 0 saturated carbocycles. The molecule has 0 saturated heterocycles. The van der Waals surface area contributed by atoms with Crippen LogP contribution in [0.25, 0.3) is 0 Å². The van der Waals surface area contributed by atoms with Crippen LogP contribution in [0.2, 0.25) is 5.02 Å². The Morgan fingerprint density at radius 1 is 1.18 bits per heavy atom. The Balaban J connectivity index is 2.66. The molecule has 0 aromatic heterocycles. The topological polar surface area (TPSA) is 0 Å². The summed E-state index contributed by atoms with van der Waals surface area (Å²) in [4.78, 5) is 0. The van der Waals surface area contributed by atoms with Gasteiger partial charge in [-0.1, -0.05) is 23.7 Å². The molecule has 60 valence electrons. The lowest BCUT2D eigenvalue weighted by Crippen LogP contribution is -1.95. The van der Waals surface area contributed by atoms with Crippen LogP contribution in [0, 0.1) is 0 Å². The van der Waals surface area contributed by atoms with Crippen molar-refractivity contribution in [1.82, 2.24) is 0 Å². The lowest BCUT2D eigenvalue weighted by Gasteiger charge is -1.98. The first-order valence-electron chi connectivity index (χ1n) is 3.21. The second-order valence-corrected chi connectivity index (χ2v) is 2.66. The molecule has 1 aromatic rings. The summed E-state index contributed by atoms with van der Waals surface area (Å²) in [6.07, 6.45) is -2.48. The predicted molar refractivity (Wildman–Crippen MR) is 41.2 cm³/mol. The van der Waals surface area contributed by atoms with Crippen LogP contribution < -0.4 is 0 Å². The fourth-order valence-corrected chi connectivity index (χ4v) is 0.925. The molecule has 0 bridgehead atoms. The van der Waals surface area contributed by atoms with Crippen molar-refractivity contribution in [2.75, 3.05) is 0 Å². The van der Waals surface area contributed by atoms with Gasteiger partial charge >= 0.3 is 0 Å². The fraction of sp³-hybridized carbons (Fsp3) is 0.250. The Morgan fingerprint density at radius 2 is 1.73 bits per heavy atom. The minimum absolute atomic E-state index is 0.197. The monoisotopic (exact) mass is 176 g/mol. The average Bonchev–Trinajstić information content (AvgIpc) is 1.93. The van der Waals surface area contributed by atoms with Gasteiger partial charge < -0.3 is 0 Å². The third-order valence-electron chi connectivity index (χ3n) is 1.30. The van der Waals surface area contributed by atoms with Gasteiger partial charge in [0.1, 0.15) is 0 Å². The van der Waals surface area contributed by atoms with E-state index >= 15 is 0 Å². The van der Waals surface area contributed by atoms with Crippen LogP contribution >= 0.6 is 11.6 Å². The number of benzene rings is 1. The second kappa shape index (κ2) is 3.67. The van der Waals surface area contributed by atoms with Crippen molar-refractivity contribution in [1.29, 1.82) is 0 Å². The third kappa shape index (κ3) is 2.85. The summed E-state index contributed by atoms with van der Waals surface area (Å²) in [6, 6.07) is 6.43. The first-order chi connectivity index (χ1) is 5.18. The van der Waals surface area contributed by atoms with Gasteiger partial charge in [0.15, 0.2) is 0 Å². The number of hydrogen-bond acceptors (Lipinski definition) is 0. The first kappa shape index (κ1) is 8.47. The highest BCUT2D eigenvalue weighted by Crippen LogP contribution is 2.12. The van der Waals surface area contributed by atoms with Crippen molar-refractivity contribution in [3.63, 3.8) is 0 Å². The largest absolute Gasteiger partial charge is 0.242 e. The summed E-state index contributed by atoms with van der Waals surface area (Å²) < 4.78 is 23.6. The molecule has 0 aliphatic heterocycles. The SMILES string of the molecule is FC(F)Cc1ccc(Cl)cc1. The quantitative estimate of drug-likeness (QED) is 0.650. The van der Waals surface area contributed by atoms with Crippen LogP contribution in [0.5, 0.6) is 0 Å². The van der Waals surface area contributed by atoms with Crippen LogP contribution in [0.15, 0.2) is 24.3 Å². The smallest absolute Gasteiger partial charge is 0.210 e. The van der Waals surface area contributed by atoms with Gasteiger partial charge in [-0.05, 0) is 17.7 Å². The summed E-state index contributed by atoms with van der Waals surface area (Å²) in [5.41, 5.74) is 0.615. The van der Waals surface area contributed by atoms with Crippen molar-refractivity contribution in [2.45, 2.75) is 12.8 Å². The maximum absolute atomic E-state index is 11.8. The molecular weight excluding hydrogens is 170 g/mol. The fourth-order valence-electron chi connectivity index (χ4n) is 0.799. The Hall–Kier alpha value is -0.630.